The van der Waals surface area contributed by atoms with Gasteiger partial charge in [0, 0.05) is 12.6 Å². The van der Waals surface area contributed by atoms with Crippen molar-refractivity contribution in [3.05, 3.63) is 0 Å². The Hall–Kier alpha value is -1.30. The molecule has 0 aliphatic carbocycles. The summed E-state index contributed by atoms with van der Waals surface area (Å²) >= 11 is 0. The Labute approximate surface area is 121 Å². The molecule has 2 unspecified atom stereocenters. The molecule has 6 heteroatoms. The summed E-state index contributed by atoms with van der Waals surface area (Å²) in [5, 5.41) is 14.3. The molecule has 2 atom stereocenters. The van der Waals surface area contributed by atoms with Gasteiger partial charge in [-0.1, -0.05) is 13.3 Å². The number of aliphatic carboxylic acids is 1. The summed E-state index contributed by atoms with van der Waals surface area (Å²) < 4.78 is 5.31. The van der Waals surface area contributed by atoms with Gasteiger partial charge in [-0.15, -0.1) is 0 Å². The lowest BCUT2D eigenvalue weighted by atomic mass is 10.0. The third-order valence-corrected chi connectivity index (χ3v) is 2.91. The fraction of sp³-hybridized carbons (Fsp3) is 0.857. The van der Waals surface area contributed by atoms with Crippen LogP contribution in [0.4, 0.5) is 4.79 Å². The number of rotatable bonds is 10. The van der Waals surface area contributed by atoms with Gasteiger partial charge in [-0.2, -0.15) is 0 Å². The molecule has 0 bridgehead atoms. The van der Waals surface area contributed by atoms with E-state index < -0.39 is 5.97 Å². The van der Waals surface area contributed by atoms with E-state index in [1.807, 2.05) is 20.8 Å². The van der Waals surface area contributed by atoms with Crippen LogP contribution in [0.15, 0.2) is 0 Å². The molecule has 0 aliphatic heterocycles. The molecule has 118 valence electrons. The van der Waals surface area contributed by atoms with E-state index in [0.29, 0.717) is 19.6 Å². The molecule has 20 heavy (non-hydrogen) atoms. The highest BCUT2D eigenvalue weighted by Gasteiger charge is 2.12. The second-order valence-corrected chi connectivity index (χ2v) is 5.39. The summed E-state index contributed by atoms with van der Waals surface area (Å²) in [6.45, 7) is 8.47. The van der Waals surface area contributed by atoms with Crippen molar-refractivity contribution in [3.63, 3.8) is 0 Å². The van der Waals surface area contributed by atoms with Crippen molar-refractivity contribution in [1.82, 2.24) is 10.6 Å². The van der Waals surface area contributed by atoms with Crippen LogP contribution in [-0.2, 0) is 9.53 Å². The van der Waals surface area contributed by atoms with Gasteiger partial charge in [0.2, 0.25) is 0 Å². The molecule has 2 amide bonds. The van der Waals surface area contributed by atoms with Gasteiger partial charge < -0.3 is 20.5 Å². The molecule has 0 fully saturated rings. The quantitative estimate of drug-likeness (QED) is 0.536. The number of hydrogen-bond acceptors (Lipinski definition) is 3. The third-order valence-electron chi connectivity index (χ3n) is 2.91. The number of hydrogen-bond donors (Lipinski definition) is 3. The van der Waals surface area contributed by atoms with Gasteiger partial charge in [0.25, 0.3) is 0 Å². The van der Waals surface area contributed by atoms with Crippen LogP contribution in [-0.4, -0.2) is 42.4 Å². The maximum absolute atomic E-state index is 11.5. The Bertz CT molecular complexity index is 295. The van der Waals surface area contributed by atoms with E-state index in [9.17, 15) is 9.59 Å². The van der Waals surface area contributed by atoms with Crippen LogP contribution in [0.25, 0.3) is 0 Å². The van der Waals surface area contributed by atoms with Gasteiger partial charge in [-0.3, -0.25) is 4.79 Å². The monoisotopic (exact) mass is 288 g/mol. The number of carbonyl (C=O) groups is 2. The molecule has 0 heterocycles. The van der Waals surface area contributed by atoms with E-state index in [2.05, 4.69) is 10.6 Å². The highest BCUT2D eigenvalue weighted by molar-refractivity contribution is 5.74. The van der Waals surface area contributed by atoms with Crippen LogP contribution in [0.5, 0.6) is 0 Å². The number of amides is 2. The molecule has 3 N–H and O–H groups in total. The lowest BCUT2D eigenvalue weighted by Crippen LogP contribution is -2.42. The molecule has 0 saturated carbocycles. The Morgan fingerprint density at radius 2 is 1.80 bits per heavy atom. The number of carbonyl (C=O) groups excluding carboxylic acids is 1. The fourth-order valence-corrected chi connectivity index (χ4v) is 1.66. The van der Waals surface area contributed by atoms with Gasteiger partial charge in [-0.05, 0) is 33.6 Å². The number of carboxylic acids is 1. The van der Waals surface area contributed by atoms with Crippen molar-refractivity contribution in [2.75, 3.05) is 13.2 Å². The Kier molecular flexibility index (Phi) is 9.80. The first-order valence-corrected chi connectivity index (χ1v) is 7.21. The molecule has 0 aromatic carbocycles. The average molecular weight is 288 g/mol. The van der Waals surface area contributed by atoms with Crippen molar-refractivity contribution < 1.29 is 19.4 Å². The molecule has 0 aromatic heterocycles. The standard InChI is InChI=1S/C14H28N2O4/c1-10(2)20-9-8-15-14(19)16-12(4)7-5-6-11(3)13(17)18/h10-12H,5-9H2,1-4H3,(H,17,18)(H2,15,16,19). The molecule has 6 nitrogen and oxygen atoms in total. The Balaban J connectivity index is 3.62. The second-order valence-electron chi connectivity index (χ2n) is 5.39. The van der Waals surface area contributed by atoms with Crippen molar-refractivity contribution in [2.24, 2.45) is 5.92 Å². The summed E-state index contributed by atoms with van der Waals surface area (Å²) in [5.41, 5.74) is 0. The molecule has 0 aliphatic rings. The summed E-state index contributed by atoms with van der Waals surface area (Å²) in [6, 6.07) is -0.182. The van der Waals surface area contributed by atoms with E-state index in [-0.39, 0.29) is 24.1 Å². The summed E-state index contributed by atoms with van der Waals surface area (Å²) in [7, 11) is 0. The maximum Gasteiger partial charge on any atom is 0.315 e. The molecule has 0 saturated heterocycles. The number of ether oxygens (including phenoxy) is 1. The largest absolute Gasteiger partial charge is 0.481 e. The van der Waals surface area contributed by atoms with Gasteiger partial charge in [0.15, 0.2) is 0 Å². The van der Waals surface area contributed by atoms with E-state index in [1.165, 1.54) is 0 Å². The minimum absolute atomic E-state index is 0.0296. The van der Waals surface area contributed by atoms with Crippen molar-refractivity contribution in [2.45, 2.75) is 59.1 Å². The van der Waals surface area contributed by atoms with Crippen LogP contribution in [0.1, 0.15) is 47.0 Å². The number of nitrogens with one attached hydrogen (secondary N) is 2. The number of urea groups is 1. The zero-order chi connectivity index (χ0) is 15.5. The molecular weight excluding hydrogens is 260 g/mol. The van der Waals surface area contributed by atoms with E-state index >= 15 is 0 Å². The van der Waals surface area contributed by atoms with Crippen LogP contribution in [0.2, 0.25) is 0 Å². The molecule has 0 spiro atoms. The topological polar surface area (TPSA) is 87.7 Å². The first kappa shape index (κ1) is 18.7. The summed E-state index contributed by atoms with van der Waals surface area (Å²) in [4.78, 5) is 22.2. The van der Waals surface area contributed by atoms with Crippen LogP contribution in [0.3, 0.4) is 0 Å². The minimum Gasteiger partial charge on any atom is -0.481 e. The van der Waals surface area contributed by atoms with Crippen molar-refractivity contribution in [3.8, 4) is 0 Å². The summed E-state index contributed by atoms with van der Waals surface area (Å²) in [6.07, 6.45) is 2.35. The van der Waals surface area contributed by atoms with Gasteiger partial charge in [0.1, 0.15) is 0 Å². The van der Waals surface area contributed by atoms with Gasteiger partial charge in [-0.25, -0.2) is 4.79 Å². The van der Waals surface area contributed by atoms with Crippen molar-refractivity contribution in [1.29, 1.82) is 0 Å². The molecule has 0 radical (unpaired) electrons. The van der Waals surface area contributed by atoms with E-state index in [4.69, 9.17) is 9.84 Å². The predicted octanol–water partition coefficient (Wildman–Crippen LogP) is 1.99. The zero-order valence-corrected chi connectivity index (χ0v) is 12.9. The lowest BCUT2D eigenvalue weighted by Gasteiger charge is -2.15. The third kappa shape index (κ3) is 10.6. The van der Waals surface area contributed by atoms with Gasteiger partial charge >= 0.3 is 12.0 Å². The maximum atomic E-state index is 11.5. The fourth-order valence-electron chi connectivity index (χ4n) is 1.66. The highest BCUT2D eigenvalue weighted by atomic mass is 16.5. The normalized spacial score (nSPS) is 13.8. The van der Waals surface area contributed by atoms with E-state index in [0.717, 1.165) is 12.8 Å². The first-order valence-electron chi connectivity index (χ1n) is 7.21. The van der Waals surface area contributed by atoms with Gasteiger partial charge in [0.05, 0.1) is 18.6 Å². The van der Waals surface area contributed by atoms with E-state index in [1.54, 1.807) is 6.92 Å². The van der Waals surface area contributed by atoms with Crippen LogP contribution >= 0.6 is 0 Å². The lowest BCUT2D eigenvalue weighted by molar-refractivity contribution is -0.141. The van der Waals surface area contributed by atoms with Crippen molar-refractivity contribution >= 4 is 12.0 Å². The zero-order valence-electron chi connectivity index (χ0n) is 12.9. The average Bonchev–Trinajstić information content (AvgIpc) is 2.34. The molecular formula is C14H28N2O4. The molecule has 0 aromatic rings. The Morgan fingerprint density at radius 3 is 2.35 bits per heavy atom. The second kappa shape index (κ2) is 10.5. The van der Waals surface area contributed by atoms with Crippen LogP contribution < -0.4 is 10.6 Å². The molecule has 0 rings (SSSR count). The Morgan fingerprint density at radius 1 is 1.15 bits per heavy atom. The first-order chi connectivity index (χ1) is 9.32. The smallest absolute Gasteiger partial charge is 0.315 e. The SMILES string of the molecule is CC(CCCC(C)C(=O)O)NC(=O)NCCOC(C)C. The number of carboxylic acid groups (broad SMARTS) is 1. The minimum atomic E-state index is -0.770. The summed E-state index contributed by atoms with van der Waals surface area (Å²) in [5.74, 6) is -1.10. The highest BCUT2D eigenvalue weighted by Crippen LogP contribution is 2.09. The van der Waals surface area contributed by atoms with Crippen LogP contribution in [0, 0.1) is 5.92 Å². The predicted molar refractivity (Wildman–Crippen MR) is 77.7 cm³/mol.